The average Bonchev–Trinajstić information content (AvgIpc) is 3.45. The summed E-state index contributed by atoms with van der Waals surface area (Å²) in [7, 11) is 1.66. The van der Waals surface area contributed by atoms with Crippen LogP contribution in [-0.2, 0) is 4.79 Å². The van der Waals surface area contributed by atoms with Crippen LogP contribution in [0.15, 0.2) is 34.8 Å². The van der Waals surface area contributed by atoms with E-state index in [4.69, 9.17) is 4.74 Å². The normalized spacial score (nSPS) is 14.5. The van der Waals surface area contributed by atoms with Gasteiger partial charge in [-0.2, -0.15) is 0 Å². The largest absolute Gasteiger partial charge is 0.496 e. The van der Waals surface area contributed by atoms with Crippen LogP contribution in [0.2, 0.25) is 0 Å². The zero-order valence-electron chi connectivity index (χ0n) is 18.2. The van der Waals surface area contributed by atoms with Crippen LogP contribution in [0.1, 0.15) is 49.3 Å². The van der Waals surface area contributed by atoms with Gasteiger partial charge < -0.3 is 10.1 Å². The highest BCUT2D eigenvalue weighted by Gasteiger charge is 2.24. The first-order chi connectivity index (χ1) is 15.1. The lowest BCUT2D eigenvalue weighted by atomic mass is 9.95. The second-order valence-electron chi connectivity index (χ2n) is 7.92. The summed E-state index contributed by atoms with van der Waals surface area (Å²) in [6, 6.07) is 8.43. The lowest BCUT2D eigenvalue weighted by Crippen LogP contribution is -2.17. The van der Waals surface area contributed by atoms with Gasteiger partial charge in [0.25, 0.3) is 0 Å². The summed E-state index contributed by atoms with van der Waals surface area (Å²) < 4.78 is 7.63. The maximum atomic E-state index is 12.7. The van der Waals surface area contributed by atoms with Crippen LogP contribution in [0, 0.1) is 13.8 Å². The van der Waals surface area contributed by atoms with E-state index < -0.39 is 0 Å². The van der Waals surface area contributed by atoms with Crippen molar-refractivity contribution in [2.24, 2.45) is 0 Å². The summed E-state index contributed by atoms with van der Waals surface area (Å²) in [5.41, 5.74) is 2.79. The van der Waals surface area contributed by atoms with Crippen molar-refractivity contribution in [2.45, 2.75) is 57.1 Å². The molecule has 1 amide bonds. The number of hydrogen-bond acceptors (Lipinski definition) is 6. The van der Waals surface area contributed by atoms with Crippen molar-refractivity contribution in [3.05, 3.63) is 40.8 Å². The molecule has 6 nitrogen and oxygen atoms in total. The molecule has 31 heavy (non-hydrogen) atoms. The number of carbonyl (C=O) groups is 1. The van der Waals surface area contributed by atoms with E-state index in [0.717, 1.165) is 51.3 Å². The third kappa shape index (κ3) is 4.96. The molecule has 4 rings (SSSR count). The van der Waals surface area contributed by atoms with Crippen molar-refractivity contribution < 1.29 is 9.53 Å². The number of benzene rings is 1. The zero-order valence-corrected chi connectivity index (χ0v) is 19.8. The summed E-state index contributed by atoms with van der Waals surface area (Å²) >= 11 is 3.14. The van der Waals surface area contributed by atoms with Gasteiger partial charge in [0.05, 0.1) is 17.7 Å². The van der Waals surface area contributed by atoms with Crippen molar-refractivity contribution in [1.82, 2.24) is 14.8 Å². The van der Waals surface area contributed by atoms with Gasteiger partial charge in [-0.1, -0.05) is 37.1 Å². The molecule has 1 saturated carbocycles. The molecule has 0 saturated heterocycles. The van der Waals surface area contributed by atoms with Crippen LogP contribution in [0.5, 0.6) is 5.75 Å². The maximum Gasteiger partial charge on any atom is 0.234 e. The number of hydrogen-bond donors (Lipinski definition) is 1. The van der Waals surface area contributed by atoms with Gasteiger partial charge in [0.15, 0.2) is 11.0 Å². The minimum Gasteiger partial charge on any atom is -0.496 e. The fourth-order valence-corrected chi connectivity index (χ4v) is 5.59. The molecular formula is C23H28N4O2S2. The highest BCUT2D eigenvalue weighted by molar-refractivity contribution is 7.99. The summed E-state index contributed by atoms with van der Waals surface area (Å²) in [5.74, 6) is 1.99. The molecule has 0 bridgehead atoms. The number of thioether (sulfide) groups is 1. The Balaban J connectivity index is 1.49. The number of aromatic nitrogens is 3. The minimum absolute atomic E-state index is 0.0477. The van der Waals surface area contributed by atoms with Gasteiger partial charge in [-0.05, 0) is 61.4 Å². The molecule has 0 atom stereocenters. The van der Waals surface area contributed by atoms with E-state index >= 15 is 0 Å². The first-order valence-electron chi connectivity index (χ1n) is 10.6. The monoisotopic (exact) mass is 456 g/mol. The first kappa shape index (κ1) is 21.9. The van der Waals surface area contributed by atoms with Gasteiger partial charge in [0.1, 0.15) is 5.75 Å². The number of methoxy groups -OCH3 is 1. The number of thiophene rings is 1. The fraction of sp³-hybridized carbons (Fsp3) is 0.435. The molecule has 2 heterocycles. The molecule has 0 radical (unpaired) electrons. The molecule has 0 spiro atoms. The molecule has 1 aliphatic carbocycles. The Morgan fingerprint density at radius 1 is 1.23 bits per heavy atom. The Hall–Kier alpha value is -2.32. The Morgan fingerprint density at radius 2 is 2.03 bits per heavy atom. The smallest absolute Gasteiger partial charge is 0.234 e. The van der Waals surface area contributed by atoms with E-state index in [2.05, 4.69) is 31.5 Å². The molecule has 1 fully saturated rings. The van der Waals surface area contributed by atoms with Crippen LogP contribution >= 0.6 is 23.1 Å². The molecule has 0 aliphatic heterocycles. The number of anilines is 1. The Labute approximate surface area is 191 Å². The summed E-state index contributed by atoms with van der Waals surface area (Å²) in [5, 5.41) is 14.9. The fourth-order valence-electron chi connectivity index (χ4n) is 4.08. The number of nitrogens with zero attached hydrogens (tertiary/aromatic N) is 3. The van der Waals surface area contributed by atoms with Gasteiger partial charge in [-0.15, -0.1) is 21.5 Å². The van der Waals surface area contributed by atoms with Crippen molar-refractivity contribution in [1.29, 1.82) is 0 Å². The predicted molar refractivity (Wildman–Crippen MR) is 127 cm³/mol. The van der Waals surface area contributed by atoms with Crippen molar-refractivity contribution in [2.75, 3.05) is 18.2 Å². The van der Waals surface area contributed by atoms with E-state index in [1.54, 1.807) is 18.4 Å². The van der Waals surface area contributed by atoms with E-state index in [-0.39, 0.29) is 5.91 Å². The van der Waals surface area contributed by atoms with Crippen LogP contribution in [0.3, 0.4) is 0 Å². The lowest BCUT2D eigenvalue weighted by molar-refractivity contribution is -0.113. The van der Waals surface area contributed by atoms with E-state index in [0.29, 0.717) is 11.8 Å². The maximum absolute atomic E-state index is 12.7. The molecule has 1 aliphatic rings. The van der Waals surface area contributed by atoms with Crippen LogP contribution < -0.4 is 10.1 Å². The van der Waals surface area contributed by atoms with E-state index in [9.17, 15) is 4.79 Å². The molecule has 1 aromatic carbocycles. The number of carbonyl (C=O) groups excluding carboxylic acids is 1. The van der Waals surface area contributed by atoms with Crippen LogP contribution in [0.4, 0.5) is 5.69 Å². The molecular weight excluding hydrogens is 428 g/mol. The summed E-state index contributed by atoms with van der Waals surface area (Å²) in [6.45, 7) is 3.94. The van der Waals surface area contributed by atoms with E-state index in [1.165, 1.54) is 31.0 Å². The van der Waals surface area contributed by atoms with Crippen molar-refractivity contribution in [3.63, 3.8) is 0 Å². The van der Waals surface area contributed by atoms with Gasteiger partial charge in [0, 0.05) is 11.7 Å². The number of aryl methyl sites for hydroxylation is 2. The highest BCUT2D eigenvalue weighted by atomic mass is 32.2. The highest BCUT2D eigenvalue weighted by Crippen LogP contribution is 2.36. The van der Waals surface area contributed by atoms with Crippen molar-refractivity contribution >= 4 is 34.7 Å². The second kappa shape index (κ2) is 9.87. The van der Waals surface area contributed by atoms with Crippen molar-refractivity contribution in [3.8, 4) is 16.5 Å². The Kier molecular flexibility index (Phi) is 6.97. The first-order valence-corrected chi connectivity index (χ1v) is 12.5. The minimum atomic E-state index is -0.0477. The van der Waals surface area contributed by atoms with Gasteiger partial charge >= 0.3 is 0 Å². The van der Waals surface area contributed by atoms with E-state index in [1.807, 2.05) is 32.0 Å². The standard InChI is InChI=1S/C23H28N4O2S2/c1-15-13-19(29-3)16(2)12-18(15)24-21(28)14-31-23-26-25-22(20-10-7-11-30-20)27(23)17-8-5-4-6-9-17/h7,10-13,17H,4-6,8-9,14H2,1-3H3,(H,24,28). The Morgan fingerprint density at radius 3 is 2.74 bits per heavy atom. The molecule has 2 aromatic heterocycles. The topological polar surface area (TPSA) is 69.0 Å². The number of amides is 1. The van der Waals surface area contributed by atoms with Crippen LogP contribution in [-0.4, -0.2) is 33.5 Å². The predicted octanol–water partition coefficient (Wildman–Crippen LogP) is 5.87. The quantitative estimate of drug-likeness (QED) is 0.450. The SMILES string of the molecule is COc1cc(C)c(NC(=O)CSc2nnc(-c3cccs3)n2C2CCCCC2)cc1C. The molecule has 3 aromatic rings. The van der Waals surface area contributed by atoms with Crippen LogP contribution in [0.25, 0.3) is 10.7 Å². The number of nitrogens with one attached hydrogen (secondary N) is 1. The Bertz CT molecular complexity index is 1040. The van der Waals surface area contributed by atoms with Gasteiger partial charge in [-0.3, -0.25) is 9.36 Å². The van der Waals surface area contributed by atoms with Gasteiger partial charge in [-0.25, -0.2) is 0 Å². The second-order valence-corrected chi connectivity index (χ2v) is 9.81. The van der Waals surface area contributed by atoms with Gasteiger partial charge in [0.2, 0.25) is 5.91 Å². The molecule has 0 unspecified atom stereocenters. The summed E-state index contributed by atoms with van der Waals surface area (Å²) in [4.78, 5) is 13.8. The zero-order chi connectivity index (χ0) is 21.8. The summed E-state index contributed by atoms with van der Waals surface area (Å²) in [6.07, 6.45) is 6.03. The lowest BCUT2D eigenvalue weighted by Gasteiger charge is -2.25. The third-order valence-electron chi connectivity index (χ3n) is 5.69. The number of ether oxygens (including phenoxy) is 1. The number of rotatable bonds is 7. The average molecular weight is 457 g/mol. The third-order valence-corrected chi connectivity index (χ3v) is 7.50. The molecule has 8 heteroatoms. The molecule has 164 valence electrons. The molecule has 1 N–H and O–H groups in total.